The van der Waals surface area contributed by atoms with Crippen molar-refractivity contribution < 1.29 is 19.4 Å². The van der Waals surface area contributed by atoms with E-state index in [0.29, 0.717) is 29.2 Å². The molecule has 35 heavy (non-hydrogen) atoms. The fourth-order valence-electron chi connectivity index (χ4n) is 3.86. The molecule has 1 fully saturated rings. The van der Waals surface area contributed by atoms with E-state index in [4.69, 9.17) is 4.74 Å². The zero-order chi connectivity index (χ0) is 24.6. The summed E-state index contributed by atoms with van der Waals surface area (Å²) < 4.78 is 9.99. The zero-order valence-corrected chi connectivity index (χ0v) is 20.8. The number of aromatic nitrogens is 2. The number of nitrogens with zero attached hydrogens (tertiary/aromatic N) is 2. The lowest BCUT2D eigenvalue weighted by molar-refractivity contribution is -0.140. The standard InChI is InChI=1S/C26H23N3O4S2/c1-15-21(28-25(32)33-16(2)17-6-4-3-5-7-17)22(35-29-15)19-10-8-18(9-11-19)20-14-27-23(34-20)26(12-13-26)24(30)31/h3-11,14,16H,12-13H2,1-2H3,(H,28,32)(H,30,31)/t16-/m1/s1. The molecule has 0 aliphatic heterocycles. The molecule has 1 atom stereocenters. The fraction of sp³-hybridized carbons (Fsp3) is 0.231. The smallest absolute Gasteiger partial charge is 0.412 e. The van der Waals surface area contributed by atoms with E-state index in [1.807, 2.05) is 68.4 Å². The first kappa shape index (κ1) is 23.2. The topological polar surface area (TPSA) is 101 Å². The van der Waals surface area contributed by atoms with Crippen LogP contribution in [0.5, 0.6) is 0 Å². The number of anilines is 1. The van der Waals surface area contributed by atoms with Gasteiger partial charge in [0.1, 0.15) is 16.5 Å². The SMILES string of the molecule is Cc1nsc(-c2ccc(-c3cnc(C4(C(=O)O)CC4)s3)cc2)c1NC(=O)O[C@H](C)c1ccccc1. The lowest BCUT2D eigenvalue weighted by Crippen LogP contribution is -2.18. The number of carbonyl (C=O) groups is 2. The van der Waals surface area contributed by atoms with Crippen LogP contribution in [0.3, 0.4) is 0 Å². The average Bonchev–Trinajstić information content (AvgIpc) is 3.40. The van der Waals surface area contributed by atoms with Crippen LogP contribution in [-0.2, 0) is 14.9 Å². The molecule has 1 aliphatic carbocycles. The van der Waals surface area contributed by atoms with Gasteiger partial charge in [0.2, 0.25) is 0 Å². The van der Waals surface area contributed by atoms with Crippen molar-refractivity contribution in [3.8, 4) is 20.9 Å². The second-order valence-electron chi connectivity index (χ2n) is 8.55. The molecule has 2 N–H and O–H groups in total. The van der Waals surface area contributed by atoms with E-state index in [9.17, 15) is 14.7 Å². The summed E-state index contributed by atoms with van der Waals surface area (Å²) in [5.41, 5.74) is 3.35. The number of rotatable bonds is 7. The number of amides is 1. The van der Waals surface area contributed by atoms with Gasteiger partial charge in [-0.15, -0.1) is 11.3 Å². The summed E-state index contributed by atoms with van der Waals surface area (Å²) in [5, 5.41) is 13.0. The molecule has 9 heteroatoms. The molecular formula is C26H23N3O4S2. The Bertz CT molecular complexity index is 1380. The molecule has 2 aromatic heterocycles. The van der Waals surface area contributed by atoms with Gasteiger partial charge < -0.3 is 9.84 Å². The number of hydrogen-bond donors (Lipinski definition) is 2. The monoisotopic (exact) mass is 505 g/mol. The van der Waals surface area contributed by atoms with Crippen LogP contribution in [-0.4, -0.2) is 26.5 Å². The van der Waals surface area contributed by atoms with Crippen molar-refractivity contribution in [1.29, 1.82) is 0 Å². The number of aliphatic carboxylic acids is 1. The van der Waals surface area contributed by atoms with Gasteiger partial charge in [0, 0.05) is 6.20 Å². The summed E-state index contributed by atoms with van der Waals surface area (Å²) in [7, 11) is 0. The Labute approximate surface area is 210 Å². The lowest BCUT2D eigenvalue weighted by atomic mass is 10.1. The predicted molar refractivity (Wildman–Crippen MR) is 137 cm³/mol. The van der Waals surface area contributed by atoms with Crippen LogP contribution in [0.15, 0.2) is 60.8 Å². The van der Waals surface area contributed by atoms with Crippen molar-refractivity contribution >= 4 is 40.6 Å². The van der Waals surface area contributed by atoms with Gasteiger partial charge in [-0.3, -0.25) is 10.1 Å². The van der Waals surface area contributed by atoms with Crippen LogP contribution in [0.4, 0.5) is 10.5 Å². The second kappa shape index (κ2) is 9.24. The third-order valence-corrected chi connectivity index (χ3v) is 8.39. The van der Waals surface area contributed by atoms with Crippen LogP contribution >= 0.6 is 22.9 Å². The average molecular weight is 506 g/mol. The maximum atomic E-state index is 12.6. The van der Waals surface area contributed by atoms with Crippen molar-refractivity contribution in [1.82, 2.24) is 9.36 Å². The molecule has 1 aliphatic rings. The summed E-state index contributed by atoms with van der Waals surface area (Å²) in [6, 6.07) is 17.5. The molecule has 1 saturated carbocycles. The molecule has 2 heterocycles. The Balaban J connectivity index is 1.31. The molecule has 4 aromatic rings. The highest BCUT2D eigenvalue weighted by molar-refractivity contribution is 7.15. The van der Waals surface area contributed by atoms with Crippen molar-refractivity contribution in [2.75, 3.05) is 5.32 Å². The van der Waals surface area contributed by atoms with E-state index in [-0.39, 0.29) is 6.10 Å². The molecule has 178 valence electrons. The summed E-state index contributed by atoms with van der Waals surface area (Å²) in [6.45, 7) is 3.68. The molecule has 5 rings (SSSR count). The van der Waals surface area contributed by atoms with Gasteiger partial charge in [0.05, 0.1) is 21.1 Å². The van der Waals surface area contributed by atoms with Crippen LogP contribution in [0, 0.1) is 6.92 Å². The summed E-state index contributed by atoms with van der Waals surface area (Å²) in [6.07, 6.45) is 2.10. The highest BCUT2D eigenvalue weighted by Gasteiger charge is 2.54. The normalized spacial score (nSPS) is 14.8. The van der Waals surface area contributed by atoms with Gasteiger partial charge >= 0.3 is 12.1 Å². The molecule has 0 bridgehead atoms. The third kappa shape index (κ3) is 4.56. The predicted octanol–water partition coefficient (Wildman–Crippen LogP) is 6.67. The van der Waals surface area contributed by atoms with Gasteiger partial charge in [0.15, 0.2) is 0 Å². The molecule has 0 saturated heterocycles. The number of carbonyl (C=O) groups excluding carboxylic acids is 1. The molecule has 0 unspecified atom stereocenters. The van der Waals surface area contributed by atoms with Gasteiger partial charge in [-0.25, -0.2) is 9.78 Å². The minimum Gasteiger partial charge on any atom is -0.481 e. The van der Waals surface area contributed by atoms with Crippen LogP contribution in [0.1, 0.15) is 42.1 Å². The number of nitrogens with one attached hydrogen (secondary N) is 1. The van der Waals surface area contributed by atoms with E-state index >= 15 is 0 Å². The number of hydrogen-bond acceptors (Lipinski definition) is 7. The molecular weight excluding hydrogens is 482 g/mol. The maximum absolute atomic E-state index is 12.6. The Morgan fingerprint density at radius 2 is 1.77 bits per heavy atom. The van der Waals surface area contributed by atoms with E-state index < -0.39 is 17.5 Å². The highest BCUT2D eigenvalue weighted by Crippen LogP contribution is 2.50. The number of carboxylic acid groups (broad SMARTS) is 1. The van der Waals surface area contributed by atoms with E-state index in [0.717, 1.165) is 26.4 Å². The Hall–Kier alpha value is -3.56. The van der Waals surface area contributed by atoms with Crippen LogP contribution in [0.2, 0.25) is 0 Å². The molecule has 2 aromatic carbocycles. The lowest BCUT2D eigenvalue weighted by Gasteiger charge is -2.14. The quantitative estimate of drug-likeness (QED) is 0.291. The maximum Gasteiger partial charge on any atom is 0.412 e. The largest absolute Gasteiger partial charge is 0.481 e. The molecule has 0 radical (unpaired) electrons. The molecule has 0 spiro atoms. The van der Waals surface area contributed by atoms with Crippen molar-refractivity contribution in [3.63, 3.8) is 0 Å². The first-order valence-electron chi connectivity index (χ1n) is 11.2. The van der Waals surface area contributed by atoms with E-state index in [2.05, 4.69) is 14.7 Å². The fourth-order valence-corrected chi connectivity index (χ4v) is 5.87. The van der Waals surface area contributed by atoms with Crippen molar-refractivity contribution in [3.05, 3.63) is 77.1 Å². The van der Waals surface area contributed by atoms with E-state index in [1.165, 1.54) is 22.9 Å². The third-order valence-electron chi connectivity index (χ3n) is 6.15. The number of ether oxygens (including phenoxy) is 1. The second-order valence-corrected chi connectivity index (χ2v) is 10.4. The summed E-state index contributed by atoms with van der Waals surface area (Å²) >= 11 is 2.74. The first-order chi connectivity index (χ1) is 16.9. The number of aryl methyl sites for hydroxylation is 1. The minimum absolute atomic E-state index is 0.383. The van der Waals surface area contributed by atoms with E-state index in [1.54, 1.807) is 6.20 Å². The Kier molecular flexibility index (Phi) is 6.12. The molecule has 7 nitrogen and oxygen atoms in total. The summed E-state index contributed by atoms with van der Waals surface area (Å²) in [4.78, 5) is 30.4. The Morgan fingerprint density at radius 1 is 1.09 bits per heavy atom. The number of carboxylic acids is 1. The van der Waals surface area contributed by atoms with Gasteiger partial charge in [0.25, 0.3) is 0 Å². The van der Waals surface area contributed by atoms with Gasteiger partial charge in [-0.2, -0.15) is 4.37 Å². The Morgan fingerprint density at radius 3 is 2.43 bits per heavy atom. The van der Waals surface area contributed by atoms with Crippen molar-refractivity contribution in [2.45, 2.75) is 38.2 Å². The van der Waals surface area contributed by atoms with Crippen LogP contribution < -0.4 is 5.32 Å². The summed E-state index contributed by atoms with van der Waals surface area (Å²) in [5.74, 6) is -0.800. The highest BCUT2D eigenvalue weighted by atomic mass is 32.1. The number of benzene rings is 2. The van der Waals surface area contributed by atoms with Gasteiger partial charge in [-0.1, -0.05) is 54.6 Å². The van der Waals surface area contributed by atoms with Gasteiger partial charge in [-0.05, 0) is 54.9 Å². The zero-order valence-electron chi connectivity index (χ0n) is 19.1. The molecule has 1 amide bonds. The minimum atomic E-state index is -0.800. The van der Waals surface area contributed by atoms with Crippen molar-refractivity contribution in [2.24, 2.45) is 0 Å². The van der Waals surface area contributed by atoms with Crippen LogP contribution in [0.25, 0.3) is 20.9 Å². The first-order valence-corrected chi connectivity index (χ1v) is 12.8. The number of thiazole rings is 1.